The molecule has 0 saturated carbocycles. The Morgan fingerprint density at radius 3 is 2.53 bits per heavy atom. The second kappa shape index (κ2) is 6.33. The zero-order valence-corrected chi connectivity index (χ0v) is 12.3. The Hall–Kier alpha value is -1.15. The molecule has 2 rings (SSSR count). The minimum Gasteiger partial charge on any atom is -0.378 e. The van der Waals surface area contributed by atoms with E-state index in [1.807, 2.05) is 0 Å². The molecule has 1 aliphatic heterocycles. The van der Waals surface area contributed by atoms with E-state index in [-0.39, 0.29) is 0 Å². The maximum Gasteiger partial charge on any atom is 0.137 e. The highest BCUT2D eigenvalue weighted by Crippen LogP contribution is 2.20. The highest BCUT2D eigenvalue weighted by atomic mass is 16.5. The first kappa shape index (κ1) is 14.3. The third-order valence-electron chi connectivity index (χ3n) is 3.98. The molecule has 2 nitrogen and oxygen atoms in total. The molecular formula is C17H24O2. The monoisotopic (exact) mass is 260 g/mol. The van der Waals surface area contributed by atoms with Gasteiger partial charge in [-0.2, -0.15) is 0 Å². The Kier molecular flexibility index (Phi) is 4.76. The third kappa shape index (κ3) is 3.90. The van der Waals surface area contributed by atoms with Gasteiger partial charge in [0.25, 0.3) is 0 Å². The lowest BCUT2D eigenvalue weighted by Gasteiger charge is -2.12. The first-order chi connectivity index (χ1) is 9.06. The summed E-state index contributed by atoms with van der Waals surface area (Å²) < 4.78 is 5.56. The van der Waals surface area contributed by atoms with Crippen molar-refractivity contribution in [3.05, 3.63) is 34.4 Å². The highest BCUT2D eigenvalue weighted by Gasteiger charge is 2.17. The largest absolute Gasteiger partial charge is 0.378 e. The fourth-order valence-corrected chi connectivity index (χ4v) is 2.97. The Labute approximate surface area is 116 Å². The molecule has 2 heteroatoms. The second-order valence-corrected chi connectivity index (χ2v) is 5.77. The van der Waals surface area contributed by atoms with E-state index in [2.05, 4.69) is 32.9 Å². The van der Waals surface area contributed by atoms with Gasteiger partial charge in [0, 0.05) is 19.4 Å². The molecule has 1 saturated heterocycles. The van der Waals surface area contributed by atoms with E-state index in [9.17, 15) is 4.79 Å². The molecule has 1 aromatic carbocycles. The van der Waals surface area contributed by atoms with E-state index >= 15 is 0 Å². The normalized spacial score (nSPS) is 18.8. The van der Waals surface area contributed by atoms with Crippen LogP contribution >= 0.6 is 0 Å². The van der Waals surface area contributed by atoms with Gasteiger partial charge in [0.15, 0.2) is 0 Å². The minimum absolute atomic E-state index is 0.323. The van der Waals surface area contributed by atoms with Gasteiger partial charge in [0.1, 0.15) is 5.78 Å². The molecular weight excluding hydrogens is 236 g/mol. The lowest BCUT2D eigenvalue weighted by Crippen LogP contribution is -2.11. The summed E-state index contributed by atoms with van der Waals surface area (Å²) in [4.78, 5) is 12.1. The van der Waals surface area contributed by atoms with E-state index in [1.54, 1.807) is 0 Å². The van der Waals surface area contributed by atoms with Gasteiger partial charge in [-0.3, -0.25) is 4.79 Å². The van der Waals surface area contributed by atoms with Crippen molar-refractivity contribution in [2.24, 2.45) is 0 Å². The number of carbonyl (C=O) groups excluding carboxylic acids is 1. The quantitative estimate of drug-likeness (QED) is 0.807. The van der Waals surface area contributed by atoms with Gasteiger partial charge in [-0.1, -0.05) is 17.7 Å². The highest BCUT2D eigenvalue weighted by molar-refractivity contribution is 5.81. The number of aryl methyl sites for hydroxylation is 3. The molecule has 0 radical (unpaired) electrons. The predicted octanol–water partition coefficient (Wildman–Crippen LogP) is 3.68. The van der Waals surface area contributed by atoms with Crippen LogP contribution in [0.3, 0.4) is 0 Å². The van der Waals surface area contributed by atoms with Crippen LogP contribution in [0.1, 0.15) is 47.9 Å². The maximum absolute atomic E-state index is 12.1. The van der Waals surface area contributed by atoms with Crippen molar-refractivity contribution in [2.45, 2.75) is 59.0 Å². The van der Waals surface area contributed by atoms with E-state index in [0.29, 0.717) is 24.7 Å². The Balaban J connectivity index is 1.91. The van der Waals surface area contributed by atoms with Crippen LogP contribution in [-0.2, 0) is 16.0 Å². The third-order valence-corrected chi connectivity index (χ3v) is 3.98. The zero-order valence-electron chi connectivity index (χ0n) is 12.3. The minimum atomic E-state index is 0.323. The fraction of sp³-hybridized carbons (Fsp3) is 0.588. The van der Waals surface area contributed by atoms with Crippen LogP contribution in [0.5, 0.6) is 0 Å². The molecule has 104 valence electrons. The molecule has 1 fully saturated rings. The molecule has 0 N–H and O–H groups in total. The summed E-state index contributed by atoms with van der Waals surface area (Å²) in [6.07, 6.45) is 4.71. The molecule has 1 atom stereocenters. The van der Waals surface area contributed by atoms with Gasteiger partial charge in [-0.15, -0.1) is 0 Å². The summed E-state index contributed by atoms with van der Waals surface area (Å²) in [5, 5.41) is 0. The van der Waals surface area contributed by atoms with E-state index in [4.69, 9.17) is 4.74 Å². The zero-order chi connectivity index (χ0) is 13.8. The SMILES string of the molecule is Cc1cc(C)c(CC(=O)CCC2CCCO2)c(C)c1. The average Bonchev–Trinajstić information content (AvgIpc) is 2.84. The molecule has 1 aliphatic rings. The van der Waals surface area contributed by atoms with Crippen molar-refractivity contribution in [3.63, 3.8) is 0 Å². The smallest absolute Gasteiger partial charge is 0.137 e. The first-order valence-corrected chi connectivity index (χ1v) is 7.26. The molecule has 1 unspecified atom stereocenters. The van der Waals surface area contributed by atoms with Crippen molar-refractivity contribution < 1.29 is 9.53 Å². The predicted molar refractivity (Wildman–Crippen MR) is 77.6 cm³/mol. The van der Waals surface area contributed by atoms with Crippen LogP contribution < -0.4 is 0 Å². The molecule has 0 aromatic heterocycles. The fourth-order valence-electron chi connectivity index (χ4n) is 2.97. The van der Waals surface area contributed by atoms with Crippen molar-refractivity contribution in [1.29, 1.82) is 0 Å². The number of carbonyl (C=O) groups is 1. The van der Waals surface area contributed by atoms with Crippen LogP contribution in [-0.4, -0.2) is 18.5 Å². The first-order valence-electron chi connectivity index (χ1n) is 7.26. The molecule has 19 heavy (non-hydrogen) atoms. The van der Waals surface area contributed by atoms with Gasteiger partial charge >= 0.3 is 0 Å². The van der Waals surface area contributed by atoms with Gasteiger partial charge in [0.2, 0.25) is 0 Å². The average molecular weight is 260 g/mol. The Bertz CT molecular complexity index is 433. The summed E-state index contributed by atoms with van der Waals surface area (Å²) in [5.41, 5.74) is 4.96. The number of Topliss-reactive ketones (excluding diaryl/α,β-unsaturated/α-hetero) is 1. The summed E-state index contributed by atoms with van der Waals surface area (Å²) in [6, 6.07) is 4.32. The number of ketones is 1. The second-order valence-electron chi connectivity index (χ2n) is 5.77. The number of hydrogen-bond donors (Lipinski definition) is 0. The lowest BCUT2D eigenvalue weighted by molar-refractivity contribution is -0.119. The summed E-state index contributed by atoms with van der Waals surface area (Å²) >= 11 is 0. The maximum atomic E-state index is 12.1. The van der Waals surface area contributed by atoms with Crippen LogP contribution in [0.15, 0.2) is 12.1 Å². The summed E-state index contributed by atoms with van der Waals surface area (Å²) in [7, 11) is 0. The van der Waals surface area contributed by atoms with Gasteiger partial charge in [-0.25, -0.2) is 0 Å². The Morgan fingerprint density at radius 1 is 1.26 bits per heavy atom. The molecule has 1 heterocycles. The number of ether oxygens (including phenoxy) is 1. The van der Waals surface area contributed by atoms with Crippen LogP contribution in [0.4, 0.5) is 0 Å². The topological polar surface area (TPSA) is 26.3 Å². The molecule has 0 spiro atoms. The van der Waals surface area contributed by atoms with Crippen LogP contribution in [0.25, 0.3) is 0 Å². The van der Waals surface area contributed by atoms with Crippen molar-refractivity contribution in [2.75, 3.05) is 6.61 Å². The van der Waals surface area contributed by atoms with Crippen molar-refractivity contribution >= 4 is 5.78 Å². The summed E-state index contributed by atoms with van der Waals surface area (Å²) in [6.45, 7) is 7.17. The molecule has 0 bridgehead atoms. The van der Waals surface area contributed by atoms with Crippen molar-refractivity contribution in [3.8, 4) is 0 Å². The van der Waals surface area contributed by atoms with Crippen molar-refractivity contribution in [1.82, 2.24) is 0 Å². The number of hydrogen-bond acceptors (Lipinski definition) is 2. The van der Waals surface area contributed by atoms with Crippen LogP contribution in [0.2, 0.25) is 0 Å². The molecule has 0 aliphatic carbocycles. The van der Waals surface area contributed by atoms with E-state index < -0.39 is 0 Å². The lowest BCUT2D eigenvalue weighted by atomic mass is 9.94. The Morgan fingerprint density at radius 2 is 1.95 bits per heavy atom. The van der Waals surface area contributed by atoms with Gasteiger partial charge in [0.05, 0.1) is 6.10 Å². The van der Waals surface area contributed by atoms with Gasteiger partial charge in [-0.05, 0) is 56.7 Å². The standard InChI is InChI=1S/C17H24O2/c1-12-9-13(2)17(14(3)10-12)11-15(18)6-7-16-5-4-8-19-16/h9-10,16H,4-8,11H2,1-3H3. The number of benzene rings is 1. The number of rotatable bonds is 5. The van der Waals surface area contributed by atoms with E-state index in [1.165, 1.54) is 22.3 Å². The molecule has 1 aromatic rings. The summed E-state index contributed by atoms with van der Waals surface area (Å²) in [5.74, 6) is 0.338. The van der Waals surface area contributed by atoms with Gasteiger partial charge < -0.3 is 4.74 Å². The van der Waals surface area contributed by atoms with Crippen LogP contribution in [0, 0.1) is 20.8 Å². The molecule has 0 amide bonds. The van der Waals surface area contributed by atoms with E-state index in [0.717, 1.165) is 25.9 Å².